The van der Waals surface area contributed by atoms with Gasteiger partial charge in [-0.2, -0.15) is 0 Å². The molecule has 5 aromatic carbocycles. The molecule has 0 amide bonds. The number of allylic oxidation sites excluding steroid dienone is 7. The number of aliphatic imine (C=N–C) groups is 2. The summed E-state index contributed by atoms with van der Waals surface area (Å²) < 4.78 is 5.03. The fourth-order valence-electron chi connectivity index (χ4n) is 5.95. The van der Waals surface area contributed by atoms with Gasteiger partial charge in [-0.1, -0.05) is 115 Å². The van der Waals surface area contributed by atoms with Crippen LogP contribution in [0.3, 0.4) is 0 Å². The fourth-order valence-corrected chi connectivity index (χ4v) is 7.06. The van der Waals surface area contributed by atoms with Crippen molar-refractivity contribution in [1.82, 2.24) is 4.57 Å². The zero-order valence-corrected chi connectivity index (χ0v) is 24.7. The number of hydrogen-bond donors (Lipinski definition) is 0. The fraction of sp³-hybridized carbons (Fsp3) is 0. The molecule has 3 heterocycles. The minimum absolute atomic E-state index is 0.664. The summed E-state index contributed by atoms with van der Waals surface area (Å²) >= 11 is 1.86. The number of fused-ring (bicyclic) bond motifs is 7. The molecule has 0 unspecified atom stereocenters. The van der Waals surface area contributed by atoms with Gasteiger partial charge >= 0.3 is 0 Å². The van der Waals surface area contributed by atoms with E-state index in [9.17, 15) is 0 Å². The number of thiophene rings is 1. The lowest BCUT2D eigenvalue weighted by molar-refractivity contribution is 1.19. The van der Waals surface area contributed by atoms with Gasteiger partial charge in [0.1, 0.15) is 0 Å². The highest BCUT2D eigenvalue weighted by Gasteiger charge is 2.18. The molecule has 3 nitrogen and oxygen atoms in total. The first-order chi connectivity index (χ1) is 21.8. The van der Waals surface area contributed by atoms with E-state index in [0.717, 1.165) is 22.5 Å². The van der Waals surface area contributed by atoms with Crippen molar-refractivity contribution < 1.29 is 0 Å². The summed E-state index contributed by atoms with van der Waals surface area (Å²) in [6.07, 6.45) is 15.8. The summed E-state index contributed by atoms with van der Waals surface area (Å²) in [6, 6.07) is 40.9. The Morgan fingerprint density at radius 2 is 1.25 bits per heavy atom. The predicted octanol–water partition coefficient (Wildman–Crippen LogP) is 10.6. The summed E-state index contributed by atoms with van der Waals surface area (Å²) in [5.74, 6) is 0.664. The van der Waals surface area contributed by atoms with Crippen molar-refractivity contribution in [2.75, 3.05) is 0 Å². The Balaban J connectivity index is 1.31. The van der Waals surface area contributed by atoms with Crippen LogP contribution in [0.4, 0.5) is 0 Å². The summed E-state index contributed by atoms with van der Waals surface area (Å²) in [5.41, 5.74) is 6.39. The van der Waals surface area contributed by atoms with Crippen LogP contribution < -0.4 is 0 Å². The van der Waals surface area contributed by atoms with Gasteiger partial charge in [-0.25, -0.2) is 9.98 Å². The van der Waals surface area contributed by atoms with Gasteiger partial charge in [-0.15, -0.1) is 11.3 Å². The Bertz CT molecular complexity index is 2360. The van der Waals surface area contributed by atoms with Crippen LogP contribution in [-0.4, -0.2) is 16.1 Å². The molecule has 0 atom stereocenters. The number of hydrogen-bond acceptors (Lipinski definition) is 3. The molecule has 0 radical (unpaired) electrons. The van der Waals surface area contributed by atoms with Gasteiger partial charge in [-0.3, -0.25) is 0 Å². The molecule has 0 saturated carbocycles. The van der Waals surface area contributed by atoms with Gasteiger partial charge < -0.3 is 4.57 Å². The number of aromatic nitrogens is 1. The second kappa shape index (κ2) is 11.3. The Hall–Kier alpha value is -5.58. The molecule has 0 N–H and O–H groups in total. The Morgan fingerprint density at radius 3 is 2.11 bits per heavy atom. The summed E-state index contributed by atoms with van der Waals surface area (Å²) in [5, 5.41) is 5.14. The highest BCUT2D eigenvalue weighted by molar-refractivity contribution is 7.26. The third-order valence-electron chi connectivity index (χ3n) is 7.95. The van der Waals surface area contributed by atoms with E-state index in [0.29, 0.717) is 5.84 Å². The Labute approximate surface area is 259 Å². The third kappa shape index (κ3) is 4.62. The van der Waals surface area contributed by atoms with E-state index in [1.807, 2.05) is 84.2 Å². The number of nitrogens with zero attached hydrogens (tertiary/aromatic N) is 3. The standard InChI is InChI=1S/C40H27N3S/c1-2-4-13-27-41-40(29-14-6-5-7-15-29)42-34(18-8-3-1)28-21-23-30(24-22-28)43-35-19-11-9-16-31(35)32-25-26-37-38(39(32)43)33-17-10-12-20-36(33)44-37/h1-27H/b2-1?,3-1+,4-2-,8-3?,13-4?,18-8+,27-13-,34-18?,41-27?,41-40?,42-34?,42-40?. The monoisotopic (exact) mass is 581 g/mol. The lowest BCUT2D eigenvalue weighted by Gasteiger charge is -2.11. The van der Waals surface area contributed by atoms with Crippen molar-refractivity contribution >= 4 is 64.9 Å². The van der Waals surface area contributed by atoms with Crippen molar-refractivity contribution in [3.8, 4) is 5.69 Å². The average molecular weight is 582 g/mol. The van der Waals surface area contributed by atoms with E-state index >= 15 is 0 Å². The molecule has 2 aromatic heterocycles. The van der Waals surface area contributed by atoms with Crippen LogP contribution >= 0.6 is 11.3 Å². The molecule has 0 saturated heterocycles. The number of para-hydroxylation sites is 1. The predicted molar refractivity (Wildman–Crippen MR) is 190 cm³/mol. The van der Waals surface area contributed by atoms with Gasteiger partial charge in [0, 0.05) is 54.0 Å². The van der Waals surface area contributed by atoms with Crippen LogP contribution in [0.2, 0.25) is 0 Å². The molecule has 0 fully saturated rings. The van der Waals surface area contributed by atoms with Crippen LogP contribution in [0.1, 0.15) is 11.1 Å². The molecular formula is C40H27N3S. The van der Waals surface area contributed by atoms with Gasteiger partial charge in [0.25, 0.3) is 0 Å². The minimum Gasteiger partial charge on any atom is -0.309 e. The molecule has 208 valence electrons. The maximum Gasteiger partial charge on any atom is 0.159 e. The molecule has 4 heteroatoms. The van der Waals surface area contributed by atoms with E-state index in [4.69, 9.17) is 9.98 Å². The zero-order chi connectivity index (χ0) is 29.3. The molecule has 0 aliphatic carbocycles. The molecule has 7 aromatic rings. The zero-order valence-electron chi connectivity index (χ0n) is 23.8. The van der Waals surface area contributed by atoms with E-state index in [1.165, 1.54) is 42.0 Å². The lowest BCUT2D eigenvalue weighted by Crippen LogP contribution is -2.05. The van der Waals surface area contributed by atoms with E-state index in [-0.39, 0.29) is 0 Å². The first kappa shape index (κ1) is 26.1. The van der Waals surface area contributed by atoms with Crippen LogP contribution in [0.5, 0.6) is 0 Å². The minimum atomic E-state index is 0.664. The molecule has 0 spiro atoms. The van der Waals surface area contributed by atoms with Crippen LogP contribution in [0.15, 0.2) is 174 Å². The van der Waals surface area contributed by atoms with Gasteiger partial charge in [0.2, 0.25) is 0 Å². The first-order valence-electron chi connectivity index (χ1n) is 14.7. The summed E-state index contributed by atoms with van der Waals surface area (Å²) in [7, 11) is 0. The van der Waals surface area contributed by atoms with Crippen molar-refractivity contribution in [2.45, 2.75) is 0 Å². The van der Waals surface area contributed by atoms with Gasteiger partial charge in [0.05, 0.1) is 16.7 Å². The number of amidine groups is 1. The van der Waals surface area contributed by atoms with Gasteiger partial charge in [-0.05, 0) is 42.5 Å². The third-order valence-corrected chi connectivity index (χ3v) is 9.08. The number of benzene rings is 5. The number of rotatable bonds is 3. The maximum absolute atomic E-state index is 5.08. The largest absolute Gasteiger partial charge is 0.309 e. The second-order valence-corrected chi connectivity index (χ2v) is 11.7. The van der Waals surface area contributed by atoms with Gasteiger partial charge in [0.15, 0.2) is 5.84 Å². The normalized spacial score (nSPS) is 16.7. The molecule has 1 aliphatic heterocycles. The van der Waals surface area contributed by atoms with Crippen molar-refractivity contribution in [3.63, 3.8) is 0 Å². The van der Waals surface area contributed by atoms with Crippen LogP contribution in [-0.2, 0) is 0 Å². The average Bonchev–Trinajstić information content (AvgIpc) is 3.61. The van der Waals surface area contributed by atoms with E-state index < -0.39 is 0 Å². The second-order valence-electron chi connectivity index (χ2n) is 10.6. The van der Waals surface area contributed by atoms with E-state index in [1.54, 1.807) is 6.20 Å². The van der Waals surface area contributed by atoms with Crippen molar-refractivity contribution in [2.24, 2.45) is 9.98 Å². The van der Waals surface area contributed by atoms with Crippen LogP contribution in [0, 0.1) is 0 Å². The maximum atomic E-state index is 5.08. The smallest absolute Gasteiger partial charge is 0.159 e. The molecular weight excluding hydrogens is 555 g/mol. The Morgan fingerprint density at radius 1 is 0.523 bits per heavy atom. The first-order valence-corrected chi connectivity index (χ1v) is 15.5. The lowest BCUT2D eigenvalue weighted by atomic mass is 10.1. The quantitative estimate of drug-likeness (QED) is 0.199. The topological polar surface area (TPSA) is 29.6 Å². The molecule has 0 bridgehead atoms. The van der Waals surface area contributed by atoms with Crippen molar-refractivity contribution in [3.05, 3.63) is 175 Å². The summed E-state index contributed by atoms with van der Waals surface area (Å²) in [6.45, 7) is 0. The molecule has 8 rings (SSSR count). The SMILES string of the molecule is C1=C\C=C\C=C\C(c2ccc(-n3c4ccccc4c4ccc5sc6ccccc6c5c43)cc2)=NC(c2ccccc2)=N\C=C/1. The highest BCUT2D eigenvalue weighted by atomic mass is 32.1. The molecule has 1 aliphatic rings. The molecule has 44 heavy (non-hydrogen) atoms. The Kier molecular flexibility index (Phi) is 6.67. The van der Waals surface area contributed by atoms with Crippen molar-refractivity contribution in [1.29, 1.82) is 0 Å². The van der Waals surface area contributed by atoms with Crippen LogP contribution in [0.25, 0.3) is 47.7 Å². The highest BCUT2D eigenvalue weighted by Crippen LogP contribution is 2.42. The van der Waals surface area contributed by atoms with E-state index in [2.05, 4.69) is 89.5 Å². The summed E-state index contributed by atoms with van der Waals surface area (Å²) in [4.78, 5) is 9.79.